The average Bonchev–Trinajstić information content (AvgIpc) is 3.01. The van der Waals surface area contributed by atoms with Crippen LogP contribution in [0.1, 0.15) is 36.8 Å². The van der Waals surface area contributed by atoms with Crippen molar-refractivity contribution in [1.29, 1.82) is 0 Å². The van der Waals surface area contributed by atoms with Crippen molar-refractivity contribution in [2.45, 2.75) is 39.2 Å². The van der Waals surface area contributed by atoms with E-state index in [1.54, 1.807) is 0 Å². The Balaban J connectivity index is 1.66. The number of hydrogen-bond donors (Lipinski definition) is 1. The Morgan fingerprint density at radius 3 is 2.70 bits per heavy atom. The molecular formula is C18H28N2. The molecule has 2 nitrogen and oxygen atoms in total. The van der Waals surface area contributed by atoms with Crippen LogP contribution in [-0.2, 0) is 6.54 Å². The molecule has 3 atom stereocenters. The fourth-order valence-electron chi connectivity index (χ4n) is 4.51. The highest BCUT2D eigenvalue weighted by molar-refractivity contribution is 5.54. The van der Waals surface area contributed by atoms with Crippen LogP contribution in [0.15, 0.2) is 18.2 Å². The monoisotopic (exact) mass is 272 g/mol. The van der Waals surface area contributed by atoms with E-state index in [4.69, 9.17) is 0 Å². The van der Waals surface area contributed by atoms with E-state index in [0.29, 0.717) is 0 Å². The number of rotatable bonds is 5. The van der Waals surface area contributed by atoms with Gasteiger partial charge in [0.05, 0.1) is 0 Å². The predicted molar refractivity (Wildman–Crippen MR) is 86.2 cm³/mol. The summed E-state index contributed by atoms with van der Waals surface area (Å²) < 4.78 is 0. The van der Waals surface area contributed by atoms with Gasteiger partial charge in [-0.1, -0.05) is 18.6 Å². The second kappa shape index (κ2) is 5.77. The van der Waals surface area contributed by atoms with Crippen LogP contribution in [0.25, 0.3) is 0 Å². The van der Waals surface area contributed by atoms with Gasteiger partial charge in [0.1, 0.15) is 0 Å². The van der Waals surface area contributed by atoms with Crippen molar-refractivity contribution in [2.75, 3.05) is 25.5 Å². The Morgan fingerprint density at radius 2 is 2.10 bits per heavy atom. The first-order valence-corrected chi connectivity index (χ1v) is 8.12. The first-order valence-electron chi connectivity index (χ1n) is 8.12. The molecule has 2 heteroatoms. The lowest BCUT2D eigenvalue weighted by molar-refractivity contribution is 0.337. The smallest absolute Gasteiger partial charge is 0.0393 e. The van der Waals surface area contributed by atoms with Crippen molar-refractivity contribution < 1.29 is 0 Å². The lowest BCUT2D eigenvalue weighted by Gasteiger charge is -2.29. The number of benzene rings is 1. The molecule has 3 unspecified atom stereocenters. The van der Waals surface area contributed by atoms with Crippen LogP contribution in [0, 0.1) is 24.7 Å². The molecule has 3 rings (SSSR count). The Kier molecular flexibility index (Phi) is 4.02. The van der Waals surface area contributed by atoms with Gasteiger partial charge < -0.3 is 10.2 Å². The average molecular weight is 272 g/mol. The van der Waals surface area contributed by atoms with E-state index in [1.807, 2.05) is 7.05 Å². The molecule has 0 saturated heterocycles. The van der Waals surface area contributed by atoms with Crippen LogP contribution in [0.5, 0.6) is 0 Å². The minimum absolute atomic E-state index is 0.940. The number of hydrogen-bond acceptors (Lipinski definition) is 2. The summed E-state index contributed by atoms with van der Waals surface area (Å²) in [7, 11) is 4.27. The second-order valence-corrected chi connectivity index (χ2v) is 6.97. The van der Waals surface area contributed by atoms with Crippen molar-refractivity contribution in [2.24, 2.45) is 17.8 Å². The molecule has 1 aromatic rings. The van der Waals surface area contributed by atoms with Gasteiger partial charge in [0.15, 0.2) is 0 Å². The van der Waals surface area contributed by atoms with E-state index < -0.39 is 0 Å². The summed E-state index contributed by atoms with van der Waals surface area (Å²) in [6, 6.07) is 6.88. The van der Waals surface area contributed by atoms with Gasteiger partial charge in [-0.05, 0) is 68.2 Å². The van der Waals surface area contributed by atoms with Crippen LogP contribution >= 0.6 is 0 Å². The van der Waals surface area contributed by atoms with E-state index in [2.05, 4.69) is 42.4 Å². The number of nitrogens with zero attached hydrogens (tertiary/aromatic N) is 1. The maximum absolute atomic E-state index is 3.22. The van der Waals surface area contributed by atoms with Gasteiger partial charge in [0, 0.05) is 25.8 Å². The van der Waals surface area contributed by atoms with Crippen molar-refractivity contribution in [3.05, 3.63) is 29.3 Å². The zero-order valence-corrected chi connectivity index (χ0v) is 13.2. The Bertz CT molecular complexity index is 468. The third-order valence-electron chi connectivity index (χ3n) is 5.45. The quantitative estimate of drug-likeness (QED) is 0.881. The molecule has 1 aromatic carbocycles. The molecule has 2 saturated carbocycles. The first kappa shape index (κ1) is 13.9. The molecule has 2 fully saturated rings. The van der Waals surface area contributed by atoms with E-state index in [9.17, 15) is 0 Å². The van der Waals surface area contributed by atoms with E-state index >= 15 is 0 Å². The van der Waals surface area contributed by atoms with Crippen LogP contribution in [0.3, 0.4) is 0 Å². The minimum atomic E-state index is 0.940. The van der Waals surface area contributed by atoms with Gasteiger partial charge in [0.25, 0.3) is 0 Å². The largest absolute Gasteiger partial charge is 0.374 e. The van der Waals surface area contributed by atoms with E-state index in [0.717, 1.165) is 24.3 Å². The summed E-state index contributed by atoms with van der Waals surface area (Å²) in [5, 5.41) is 3.22. The van der Waals surface area contributed by atoms with Gasteiger partial charge in [-0.3, -0.25) is 0 Å². The van der Waals surface area contributed by atoms with Crippen molar-refractivity contribution in [1.82, 2.24) is 5.32 Å². The van der Waals surface area contributed by atoms with Crippen LogP contribution in [0.2, 0.25) is 0 Å². The molecule has 110 valence electrons. The molecule has 1 N–H and O–H groups in total. The Hall–Kier alpha value is -1.02. The van der Waals surface area contributed by atoms with Crippen molar-refractivity contribution in [3.8, 4) is 0 Å². The third-order valence-corrected chi connectivity index (χ3v) is 5.45. The summed E-state index contributed by atoms with van der Waals surface area (Å²) in [5.74, 6) is 3.01. The fourth-order valence-corrected chi connectivity index (χ4v) is 4.51. The fraction of sp³-hybridized carbons (Fsp3) is 0.667. The maximum Gasteiger partial charge on any atom is 0.0393 e. The lowest BCUT2D eigenvalue weighted by Crippen LogP contribution is -2.29. The summed E-state index contributed by atoms with van der Waals surface area (Å²) in [5.41, 5.74) is 4.19. The molecule has 0 aliphatic heterocycles. The number of anilines is 1. The van der Waals surface area contributed by atoms with E-state index in [1.165, 1.54) is 49.0 Å². The number of fused-ring (bicyclic) bond motifs is 2. The SMILES string of the molecule is CNCc1ccc(N(C)CC2CC3CCC2C3)c(C)c1. The highest BCUT2D eigenvalue weighted by Gasteiger charge is 2.39. The molecule has 2 bridgehead atoms. The molecule has 0 aromatic heterocycles. The highest BCUT2D eigenvalue weighted by Crippen LogP contribution is 2.48. The van der Waals surface area contributed by atoms with Gasteiger partial charge in [-0.25, -0.2) is 0 Å². The zero-order valence-electron chi connectivity index (χ0n) is 13.2. The van der Waals surface area contributed by atoms with Crippen LogP contribution < -0.4 is 10.2 Å². The molecule has 0 spiro atoms. The molecular weight excluding hydrogens is 244 g/mol. The molecule has 0 radical (unpaired) electrons. The zero-order chi connectivity index (χ0) is 14.1. The lowest BCUT2D eigenvalue weighted by atomic mass is 9.88. The maximum atomic E-state index is 3.22. The Morgan fingerprint density at radius 1 is 1.25 bits per heavy atom. The van der Waals surface area contributed by atoms with Gasteiger partial charge in [-0.2, -0.15) is 0 Å². The Labute approximate surface area is 123 Å². The van der Waals surface area contributed by atoms with Crippen molar-refractivity contribution >= 4 is 5.69 Å². The normalized spacial score (nSPS) is 28.1. The highest BCUT2D eigenvalue weighted by atomic mass is 15.1. The number of aryl methyl sites for hydroxylation is 1. The van der Waals surface area contributed by atoms with Gasteiger partial charge in [-0.15, -0.1) is 0 Å². The molecule has 2 aliphatic carbocycles. The van der Waals surface area contributed by atoms with E-state index in [-0.39, 0.29) is 0 Å². The molecule has 0 heterocycles. The molecule has 0 amide bonds. The van der Waals surface area contributed by atoms with Gasteiger partial charge >= 0.3 is 0 Å². The standard InChI is InChI=1S/C18H28N2/c1-13-8-15(11-19-2)5-7-18(13)20(3)12-17-10-14-4-6-16(17)9-14/h5,7-8,14,16-17,19H,4,6,9-12H2,1-3H3. The number of nitrogens with one attached hydrogen (secondary N) is 1. The summed E-state index contributed by atoms with van der Waals surface area (Å²) >= 11 is 0. The van der Waals surface area contributed by atoms with Crippen LogP contribution in [0.4, 0.5) is 5.69 Å². The molecule has 20 heavy (non-hydrogen) atoms. The predicted octanol–water partition coefficient (Wildman–Crippen LogP) is 3.59. The third kappa shape index (κ3) is 2.71. The van der Waals surface area contributed by atoms with Crippen molar-refractivity contribution in [3.63, 3.8) is 0 Å². The van der Waals surface area contributed by atoms with Crippen LogP contribution in [-0.4, -0.2) is 20.6 Å². The first-order chi connectivity index (χ1) is 9.67. The summed E-state index contributed by atoms with van der Waals surface area (Å²) in [4.78, 5) is 2.49. The topological polar surface area (TPSA) is 15.3 Å². The molecule has 2 aliphatic rings. The second-order valence-electron chi connectivity index (χ2n) is 6.97. The minimum Gasteiger partial charge on any atom is -0.374 e. The van der Waals surface area contributed by atoms with Gasteiger partial charge in [0.2, 0.25) is 0 Å². The summed E-state index contributed by atoms with van der Waals surface area (Å²) in [6.45, 7) is 4.44. The summed E-state index contributed by atoms with van der Waals surface area (Å²) in [6.07, 6.45) is 5.98.